The molecule has 226 valence electrons. The average molecular weight is 613 g/mol. The minimum Gasteiger partial charge on any atom is -0.505 e. The monoisotopic (exact) mass is 612 g/mol. The van der Waals surface area contributed by atoms with E-state index in [1.807, 2.05) is 25.1 Å². The number of hydrogen-bond acceptors (Lipinski definition) is 9. The molecule has 0 aliphatic carbocycles. The lowest BCUT2D eigenvalue weighted by molar-refractivity contribution is -0.132. The Morgan fingerprint density at radius 1 is 1.02 bits per heavy atom. The molecule has 4 heterocycles. The Bertz CT molecular complexity index is 1930. The van der Waals surface area contributed by atoms with Crippen molar-refractivity contribution in [3.8, 4) is 17.2 Å². The number of unbranched alkanes of at least 4 members (excludes halogenated alkanes) is 1. The first-order chi connectivity index (χ1) is 21.4. The van der Waals surface area contributed by atoms with E-state index in [2.05, 4.69) is 11.9 Å². The van der Waals surface area contributed by atoms with Gasteiger partial charge in [-0.05, 0) is 68.3 Å². The highest BCUT2D eigenvalue weighted by molar-refractivity contribution is 7.22. The third kappa shape index (κ3) is 5.02. The molecule has 5 aromatic rings. The third-order valence-corrected chi connectivity index (χ3v) is 8.52. The lowest BCUT2D eigenvalue weighted by Crippen LogP contribution is -2.29. The number of imidazole rings is 1. The van der Waals surface area contributed by atoms with Gasteiger partial charge in [0.1, 0.15) is 17.1 Å². The Labute approximate surface area is 258 Å². The molecule has 1 unspecified atom stereocenters. The molecule has 2 aromatic carbocycles. The Balaban J connectivity index is 1.56. The summed E-state index contributed by atoms with van der Waals surface area (Å²) in [6.07, 6.45) is 3.62. The van der Waals surface area contributed by atoms with Crippen molar-refractivity contribution in [1.29, 1.82) is 0 Å². The third-order valence-electron chi connectivity index (χ3n) is 7.50. The second-order valence-electron chi connectivity index (χ2n) is 10.3. The van der Waals surface area contributed by atoms with E-state index in [9.17, 15) is 14.7 Å². The molecule has 0 spiro atoms. The van der Waals surface area contributed by atoms with Gasteiger partial charge in [0.05, 0.1) is 47.8 Å². The fourth-order valence-corrected chi connectivity index (χ4v) is 6.42. The molecular weight excluding hydrogens is 580 g/mol. The van der Waals surface area contributed by atoms with E-state index in [-0.39, 0.29) is 11.3 Å². The van der Waals surface area contributed by atoms with Gasteiger partial charge in [0.15, 0.2) is 22.4 Å². The summed E-state index contributed by atoms with van der Waals surface area (Å²) < 4.78 is 19.8. The van der Waals surface area contributed by atoms with E-state index in [0.29, 0.717) is 63.7 Å². The highest BCUT2D eigenvalue weighted by Gasteiger charge is 2.49. The second-order valence-corrected chi connectivity index (χ2v) is 11.3. The zero-order valence-corrected chi connectivity index (χ0v) is 25.7. The van der Waals surface area contributed by atoms with Crippen LogP contribution >= 0.6 is 11.3 Å². The number of Topliss-reactive ketones (excluding diaryl/α,β-unsaturated/α-hetero) is 1. The largest absolute Gasteiger partial charge is 0.505 e. The van der Waals surface area contributed by atoms with Crippen molar-refractivity contribution < 1.29 is 28.9 Å². The number of aryl methyl sites for hydroxylation is 1. The number of thiazole rings is 1. The summed E-state index contributed by atoms with van der Waals surface area (Å²) in [5.74, 6) is -0.256. The van der Waals surface area contributed by atoms with Crippen molar-refractivity contribution in [2.75, 3.05) is 25.2 Å². The van der Waals surface area contributed by atoms with Crippen LogP contribution in [0.15, 0.2) is 66.4 Å². The number of aliphatic hydroxyl groups is 1. The summed E-state index contributed by atoms with van der Waals surface area (Å²) in [5, 5.41) is 12.2. The van der Waals surface area contributed by atoms with Crippen LogP contribution < -0.4 is 19.1 Å². The number of ether oxygens (including phenoxy) is 3. The highest BCUT2D eigenvalue weighted by atomic mass is 32.1. The molecule has 0 bridgehead atoms. The van der Waals surface area contributed by atoms with Crippen molar-refractivity contribution >= 4 is 49.8 Å². The van der Waals surface area contributed by atoms with Gasteiger partial charge in [-0.1, -0.05) is 36.8 Å². The minimum atomic E-state index is -1.00. The number of anilines is 1. The quantitative estimate of drug-likeness (QED) is 0.0827. The summed E-state index contributed by atoms with van der Waals surface area (Å²) in [7, 11) is 1.58. The maximum Gasteiger partial charge on any atom is 0.301 e. The molecule has 1 fully saturated rings. The zero-order valence-electron chi connectivity index (χ0n) is 24.9. The molecule has 1 aliphatic heterocycles. The molecule has 0 saturated carbocycles. The second kappa shape index (κ2) is 12.0. The lowest BCUT2D eigenvalue weighted by Gasteiger charge is -2.24. The van der Waals surface area contributed by atoms with Crippen LogP contribution in [0, 0.1) is 6.92 Å². The maximum atomic E-state index is 13.9. The van der Waals surface area contributed by atoms with Gasteiger partial charge in [0.25, 0.3) is 5.78 Å². The molecule has 44 heavy (non-hydrogen) atoms. The fourth-order valence-electron chi connectivity index (χ4n) is 5.40. The number of nitrogens with zero attached hydrogens (tertiary/aromatic N) is 4. The van der Waals surface area contributed by atoms with E-state index in [1.165, 1.54) is 16.2 Å². The van der Waals surface area contributed by atoms with Crippen LogP contribution in [0.5, 0.6) is 17.2 Å². The summed E-state index contributed by atoms with van der Waals surface area (Å²) in [6, 6.07) is 15.2. The number of rotatable bonds is 10. The van der Waals surface area contributed by atoms with Crippen LogP contribution in [-0.2, 0) is 9.59 Å². The van der Waals surface area contributed by atoms with Crippen molar-refractivity contribution in [3.63, 3.8) is 0 Å². The molecule has 1 N–H and O–H groups in total. The number of aromatic nitrogens is 3. The topological polar surface area (TPSA) is 115 Å². The number of hydrogen-bond donors (Lipinski definition) is 1. The van der Waals surface area contributed by atoms with Gasteiger partial charge in [0, 0.05) is 6.20 Å². The van der Waals surface area contributed by atoms with Gasteiger partial charge in [-0.3, -0.25) is 18.9 Å². The van der Waals surface area contributed by atoms with Crippen LogP contribution in [-0.4, -0.2) is 51.5 Å². The Morgan fingerprint density at radius 3 is 2.64 bits per heavy atom. The number of fused-ring (bicyclic) bond motifs is 2. The number of methoxy groups -OCH3 is 1. The van der Waals surface area contributed by atoms with E-state index >= 15 is 0 Å². The van der Waals surface area contributed by atoms with E-state index in [0.717, 1.165) is 17.5 Å². The average Bonchev–Trinajstić information content (AvgIpc) is 3.67. The molecule has 11 heteroatoms. The normalized spacial score (nSPS) is 16.3. The van der Waals surface area contributed by atoms with Crippen molar-refractivity contribution in [2.24, 2.45) is 0 Å². The van der Waals surface area contributed by atoms with Gasteiger partial charge in [-0.2, -0.15) is 0 Å². The van der Waals surface area contributed by atoms with E-state index < -0.39 is 17.7 Å². The molecule has 0 radical (unpaired) electrons. The summed E-state index contributed by atoms with van der Waals surface area (Å²) in [4.78, 5) is 38.4. The highest BCUT2D eigenvalue weighted by Crippen LogP contribution is 2.46. The number of benzene rings is 2. The minimum absolute atomic E-state index is 0.0670. The zero-order chi connectivity index (χ0) is 31.0. The van der Waals surface area contributed by atoms with E-state index in [1.54, 1.807) is 61.0 Å². The van der Waals surface area contributed by atoms with Crippen LogP contribution in [0.2, 0.25) is 0 Å². The first-order valence-corrected chi connectivity index (χ1v) is 15.3. The van der Waals surface area contributed by atoms with Crippen LogP contribution in [0.1, 0.15) is 49.7 Å². The van der Waals surface area contributed by atoms with E-state index in [4.69, 9.17) is 19.2 Å². The van der Waals surface area contributed by atoms with Crippen LogP contribution in [0.25, 0.3) is 21.6 Å². The van der Waals surface area contributed by atoms with Crippen molar-refractivity contribution in [1.82, 2.24) is 14.4 Å². The molecule has 10 nitrogen and oxygen atoms in total. The van der Waals surface area contributed by atoms with Crippen LogP contribution in [0.4, 0.5) is 5.13 Å². The smallest absolute Gasteiger partial charge is 0.301 e. The molecule has 1 amide bonds. The number of pyridine rings is 1. The molecule has 1 atom stereocenters. The van der Waals surface area contributed by atoms with Gasteiger partial charge >= 0.3 is 5.91 Å². The maximum absolute atomic E-state index is 13.9. The fraction of sp³-hybridized carbons (Fsp3) is 0.273. The summed E-state index contributed by atoms with van der Waals surface area (Å²) in [5.41, 5.74) is 2.59. The van der Waals surface area contributed by atoms with Gasteiger partial charge < -0.3 is 19.3 Å². The Hall–Kier alpha value is -4.90. The SMILES string of the molecule is CCCCOc1ccc(C2C(=C(O)c3c(C)nc4ccccn34)C(=O)C(=O)N2c2nc3ccc(OC)cc3s2)cc1OCC. The number of carbonyl (C=O) groups is 2. The number of amides is 1. The van der Waals surface area contributed by atoms with Crippen molar-refractivity contribution in [2.45, 2.75) is 39.7 Å². The first-order valence-electron chi connectivity index (χ1n) is 14.4. The number of carbonyl (C=O) groups excluding carboxylic acids is 2. The Morgan fingerprint density at radius 2 is 1.86 bits per heavy atom. The number of aliphatic hydroxyl groups excluding tert-OH is 1. The molecule has 1 aliphatic rings. The molecule has 6 rings (SSSR count). The molecule has 3 aromatic heterocycles. The molecular formula is C33H32N4O6S. The predicted molar refractivity (Wildman–Crippen MR) is 169 cm³/mol. The van der Waals surface area contributed by atoms with Crippen LogP contribution in [0.3, 0.4) is 0 Å². The van der Waals surface area contributed by atoms with Gasteiger partial charge in [0.2, 0.25) is 0 Å². The van der Waals surface area contributed by atoms with Gasteiger partial charge in [-0.15, -0.1) is 0 Å². The molecule has 1 saturated heterocycles. The Kier molecular flexibility index (Phi) is 7.96. The standard InChI is InChI=1S/C33H32N4O6S/c1-5-7-16-43-23-14-11-20(17-24(23)42-6-2)29-27(30(38)28-19(3)34-26-10-8-9-15-36(26)28)31(39)32(40)37(29)33-35-22-13-12-21(41-4)18-25(22)44-33/h8-15,17-18,29,38H,5-7,16H2,1-4H3. The lowest BCUT2D eigenvalue weighted by atomic mass is 9.96. The van der Waals surface area contributed by atoms with Crippen molar-refractivity contribution in [3.05, 3.63) is 83.3 Å². The predicted octanol–water partition coefficient (Wildman–Crippen LogP) is 6.46. The van der Waals surface area contributed by atoms with Gasteiger partial charge in [-0.25, -0.2) is 9.97 Å². The summed E-state index contributed by atoms with van der Waals surface area (Å²) in [6.45, 7) is 6.62. The number of ketones is 1. The summed E-state index contributed by atoms with van der Waals surface area (Å²) >= 11 is 1.26. The first kappa shape index (κ1) is 29.2.